The summed E-state index contributed by atoms with van der Waals surface area (Å²) in [5.74, 6) is -3.89. The van der Waals surface area contributed by atoms with Crippen molar-refractivity contribution in [1.29, 1.82) is 0 Å². The van der Waals surface area contributed by atoms with Gasteiger partial charge in [0.2, 0.25) is 17.6 Å². The van der Waals surface area contributed by atoms with Crippen LogP contribution in [0.1, 0.15) is 41.6 Å². The minimum absolute atomic E-state index is 0.138. The van der Waals surface area contributed by atoms with Gasteiger partial charge in [-0.15, -0.1) is 0 Å². The number of thioether (sulfide) groups is 1. The molecule has 41 heavy (non-hydrogen) atoms. The highest BCUT2D eigenvalue weighted by molar-refractivity contribution is 7.99. The summed E-state index contributed by atoms with van der Waals surface area (Å²) in [6, 6.07) is 16.9. The Bertz CT molecular complexity index is 1160. The van der Waals surface area contributed by atoms with Crippen LogP contribution in [0.5, 0.6) is 0 Å². The van der Waals surface area contributed by atoms with Crippen molar-refractivity contribution < 1.29 is 32.3 Å². The van der Waals surface area contributed by atoms with E-state index in [0.29, 0.717) is 37.9 Å². The average molecular weight is 593 g/mol. The van der Waals surface area contributed by atoms with E-state index >= 15 is 0 Å². The van der Waals surface area contributed by atoms with E-state index in [1.54, 1.807) is 30.3 Å². The van der Waals surface area contributed by atoms with Crippen molar-refractivity contribution in [2.75, 3.05) is 31.1 Å². The topological polar surface area (TPSA) is 113 Å². The lowest BCUT2D eigenvalue weighted by atomic mass is 10.0. The first-order valence-corrected chi connectivity index (χ1v) is 14.6. The number of halogens is 3. The molecule has 3 rings (SSSR count). The quantitative estimate of drug-likeness (QED) is 0.343. The maximum Gasteiger partial charge on any atom is 0.450 e. The van der Waals surface area contributed by atoms with E-state index in [9.17, 15) is 32.3 Å². The molecule has 0 unspecified atom stereocenters. The molecule has 0 spiro atoms. The van der Waals surface area contributed by atoms with Crippen LogP contribution >= 0.6 is 11.8 Å². The number of alkyl halides is 3. The summed E-state index contributed by atoms with van der Waals surface area (Å²) in [5, 5.41) is 2.58. The van der Waals surface area contributed by atoms with E-state index in [4.69, 9.17) is 5.73 Å². The molecule has 1 heterocycles. The molecular formula is C29H35F3N4O4S. The Morgan fingerprint density at radius 1 is 1.00 bits per heavy atom. The molecule has 1 fully saturated rings. The van der Waals surface area contributed by atoms with Crippen molar-refractivity contribution in [3.8, 4) is 0 Å². The summed E-state index contributed by atoms with van der Waals surface area (Å²) in [6.45, 7) is 1.68. The number of rotatable bonds is 13. The molecule has 222 valence electrons. The Hall–Kier alpha value is -3.22. The first-order chi connectivity index (χ1) is 19.6. The van der Waals surface area contributed by atoms with E-state index in [1.807, 2.05) is 30.3 Å². The van der Waals surface area contributed by atoms with E-state index in [0.717, 1.165) is 28.8 Å². The van der Waals surface area contributed by atoms with Gasteiger partial charge in [0.15, 0.2) is 0 Å². The fourth-order valence-electron chi connectivity index (χ4n) is 4.57. The number of carbonyl (C=O) groups is 4. The minimum atomic E-state index is -4.87. The maximum atomic E-state index is 13.4. The van der Waals surface area contributed by atoms with Gasteiger partial charge in [0, 0.05) is 31.2 Å². The molecule has 2 aromatic carbocycles. The number of ketones is 1. The highest BCUT2D eigenvalue weighted by Gasteiger charge is 2.38. The van der Waals surface area contributed by atoms with E-state index in [2.05, 4.69) is 10.2 Å². The van der Waals surface area contributed by atoms with Crippen molar-refractivity contribution in [2.24, 2.45) is 5.73 Å². The first kappa shape index (κ1) is 32.3. The zero-order chi connectivity index (χ0) is 29.8. The Balaban J connectivity index is 1.59. The molecule has 1 saturated heterocycles. The Labute approximate surface area is 241 Å². The van der Waals surface area contributed by atoms with Crippen LogP contribution in [0.25, 0.3) is 0 Å². The summed E-state index contributed by atoms with van der Waals surface area (Å²) < 4.78 is 37.1. The highest BCUT2D eigenvalue weighted by atomic mass is 32.2. The number of nitrogens with one attached hydrogen (secondary N) is 1. The zero-order valence-electron chi connectivity index (χ0n) is 22.6. The van der Waals surface area contributed by atoms with Crippen LogP contribution in [0.2, 0.25) is 0 Å². The predicted molar refractivity (Wildman–Crippen MR) is 151 cm³/mol. The van der Waals surface area contributed by atoms with Gasteiger partial charge in [-0.25, -0.2) is 0 Å². The number of imide groups is 1. The fourth-order valence-corrected chi connectivity index (χ4v) is 5.43. The molecule has 0 radical (unpaired) electrons. The fraction of sp³-hybridized carbons (Fsp3) is 0.448. The molecule has 0 aliphatic carbocycles. The molecular weight excluding hydrogens is 557 g/mol. The Kier molecular flexibility index (Phi) is 12.4. The number of nitrogens with two attached hydrogens (primary N) is 1. The standard InChI is InChI=1S/C29H35F3N4O4S/c30-29(31,32)25(37)20-41-17-7-12-24(33)28(40)36(26(38)18-34-27(39)22-10-5-2-6-11-22)23-13-15-35(16-14-23)19-21-8-3-1-4-9-21/h1-6,8-11,23-24H,7,12-20,33H2,(H,34,39)/t24-/m0/s1. The largest absolute Gasteiger partial charge is 0.450 e. The molecule has 1 atom stereocenters. The van der Waals surface area contributed by atoms with Gasteiger partial charge in [0.25, 0.3) is 5.91 Å². The monoisotopic (exact) mass is 592 g/mol. The number of carbonyl (C=O) groups excluding carboxylic acids is 4. The van der Waals surface area contributed by atoms with Crippen LogP contribution in [-0.2, 0) is 20.9 Å². The summed E-state index contributed by atoms with van der Waals surface area (Å²) in [7, 11) is 0. The number of hydrogen-bond donors (Lipinski definition) is 2. The molecule has 12 heteroatoms. The van der Waals surface area contributed by atoms with E-state index in [-0.39, 0.29) is 18.7 Å². The van der Waals surface area contributed by atoms with Gasteiger partial charge in [0.1, 0.15) is 0 Å². The summed E-state index contributed by atoms with van der Waals surface area (Å²) in [5.41, 5.74) is 7.70. The van der Waals surface area contributed by atoms with Crippen LogP contribution in [0.3, 0.4) is 0 Å². The second-order valence-corrected chi connectivity index (χ2v) is 11.0. The Morgan fingerprint density at radius 3 is 2.22 bits per heavy atom. The van der Waals surface area contributed by atoms with Gasteiger partial charge in [-0.2, -0.15) is 24.9 Å². The number of benzene rings is 2. The molecule has 1 aliphatic heterocycles. The average Bonchev–Trinajstić information content (AvgIpc) is 2.97. The van der Waals surface area contributed by atoms with E-state index in [1.165, 1.54) is 0 Å². The van der Waals surface area contributed by atoms with Crippen molar-refractivity contribution in [1.82, 2.24) is 15.1 Å². The molecule has 0 saturated carbocycles. The van der Waals surface area contributed by atoms with Gasteiger partial charge in [-0.1, -0.05) is 48.5 Å². The molecule has 0 bridgehead atoms. The molecule has 3 N–H and O–H groups in total. The van der Waals surface area contributed by atoms with Crippen LogP contribution < -0.4 is 11.1 Å². The van der Waals surface area contributed by atoms with Gasteiger partial charge in [-0.3, -0.25) is 29.0 Å². The van der Waals surface area contributed by atoms with Gasteiger partial charge >= 0.3 is 6.18 Å². The minimum Gasteiger partial charge on any atom is -0.343 e. The second-order valence-electron chi connectivity index (χ2n) is 9.87. The number of amides is 3. The lowest BCUT2D eigenvalue weighted by Crippen LogP contribution is -2.56. The number of likely N-dealkylation sites (tertiary alicyclic amines) is 1. The first-order valence-electron chi connectivity index (χ1n) is 13.4. The highest BCUT2D eigenvalue weighted by Crippen LogP contribution is 2.22. The van der Waals surface area contributed by atoms with Crippen molar-refractivity contribution >= 4 is 35.3 Å². The van der Waals surface area contributed by atoms with Crippen LogP contribution in [0.4, 0.5) is 13.2 Å². The smallest absolute Gasteiger partial charge is 0.343 e. The molecule has 3 amide bonds. The van der Waals surface area contributed by atoms with Crippen molar-refractivity contribution in [2.45, 2.75) is 50.5 Å². The second kappa shape index (κ2) is 15.7. The SMILES string of the molecule is N[C@@H](CCCSCC(=O)C(F)(F)F)C(=O)N(C(=O)CNC(=O)c1ccccc1)C1CCN(Cc2ccccc2)CC1. The van der Waals surface area contributed by atoms with Crippen LogP contribution in [-0.4, -0.2) is 82.7 Å². The summed E-state index contributed by atoms with van der Waals surface area (Å²) in [6.07, 6.45) is -3.35. The number of hydrogen-bond acceptors (Lipinski definition) is 7. The van der Waals surface area contributed by atoms with Crippen LogP contribution in [0.15, 0.2) is 60.7 Å². The third kappa shape index (κ3) is 10.3. The summed E-state index contributed by atoms with van der Waals surface area (Å²) >= 11 is 0.825. The lowest BCUT2D eigenvalue weighted by molar-refractivity contribution is -0.167. The van der Waals surface area contributed by atoms with Gasteiger partial charge in [-0.05, 0) is 49.1 Å². The van der Waals surface area contributed by atoms with Crippen LogP contribution in [0, 0.1) is 0 Å². The van der Waals surface area contributed by atoms with Gasteiger partial charge < -0.3 is 11.1 Å². The van der Waals surface area contributed by atoms with Crippen molar-refractivity contribution in [3.63, 3.8) is 0 Å². The van der Waals surface area contributed by atoms with E-state index < -0.39 is 47.5 Å². The zero-order valence-corrected chi connectivity index (χ0v) is 23.5. The van der Waals surface area contributed by atoms with Crippen molar-refractivity contribution in [3.05, 3.63) is 71.8 Å². The molecule has 8 nitrogen and oxygen atoms in total. The molecule has 2 aromatic rings. The molecule has 1 aliphatic rings. The number of piperidine rings is 1. The summed E-state index contributed by atoms with van der Waals surface area (Å²) in [4.78, 5) is 53.7. The third-order valence-corrected chi connectivity index (χ3v) is 7.83. The number of nitrogens with zero attached hydrogens (tertiary/aromatic N) is 2. The normalized spacial score (nSPS) is 15.2. The third-order valence-electron chi connectivity index (χ3n) is 6.78. The molecule has 0 aromatic heterocycles. The number of Topliss-reactive ketones (excluding diaryl/α,β-unsaturated/α-hetero) is 1. The maximum absolute atomic E-state index is 13.4. The Morgan fingerprint density at radius 2 is 1.61 bits per heavy atom. The van der Waals surface area contributed by atoms with Gasteiger partial charge in [0.05, 0.1) is 18.3 Å². The lowest BCUT2D eigenvalue weighted by Gasteiger charge is -2.38. The predicted octanol–water partition coefficient (Wildman–Crippen LogP) is 3.41.